The van der Waals surface area contributed by atoms with Crippen molar-refractivity contribution in [2.24, 2.45) is 0 Å². The topological polar surface area (TPSA) is 49.9 Å². The summed E-state index contributed by atoms with van der Waals surface area (Å²) in [7, 11) is 1.96. The average molecular weight is 304 g/mol. The molecule has 0 unspecified atom stereocenters. The minimum Gasteiger partial charge on any atom is -0.443 e. The summed E-state index contributed by atoms with van der Waals surface area (Å²) >= 11 is 0. The second kappa shape index (κ2) is 5.99. The highest BCUT2D eigenvalue weighted by Crippen LogP contribution is 2.34. The summed E-state index contributed by atoms with van der Waals surface area (Å²) in [6, 6.07) is 5.47. The lowest BCUT2D eigenvalue weighted by Gasteiger charge is -2.36. The second-order valence-electron chi connectivity index (χ2n) is 6.53. The molecule has 0 spiro atoms. The summed E-state index contributed by atoms with van der Waals surface area (Å²) in [6.07, 6.45) is 0.120. The number of carbonyl (C=O) groups is 2. The van der Waals surface area contributed by atoms with Crippen LogP contribution >= 0.6 is 0 Å². The smallest absolute Gasteiger partial charge is 0.414 e. The number of carbonyl (C=O) groups excluding carboxylic acids is 2. The number of ketones is 1. The molecule has 1 aliphatic heterocycles. The molecule has 0 fully saturated rings. The third-order valence-corrected chi connectivity index (χ3v) is 3.59. The van der Waals surface area contributed by atoms with E-state index in [0.717, 1.165) is 11.4 Å². The summed E-state index contributed by atoms with van der Waals surface area (Å²) in [5.41, 5.74) is 1.82. The number of nitrogens with zero attached hydrogens (tertiary/aromatic N) is 2. The molecule has 0 bridgehead atoms. The Morgan fingerprint density at radius 2 is 1.86 bits per heavy atom. The SMILES string of the molecule is CCC(=O)c1ccc2c(c1)N(C)CCN2C(=O)OC(C)(C)C. The van der Waals surface area contributed by atoms with Gasteiger partial charge in [-0.25, -0.2) is 4.79 Å². The van der Waals surface area contributed by atoms with Gasteiger partial charge in [0.1, 0.15) is 5.60 Å². The highest BCUT2D eigenvalue weighted by molar-refractivity contribution is 6.00. The molecule has 22 heavy (non-hydrogen) atoms. The zero-order valence-corrected chi connectivity index (χ0v) is 14.0. The van der Waals surface area contributed by atoms with Gasteiger partial charge in [0, 0.05) is 32.1 Å². The number of hydrogen-bond donors (Lipinski definition) is 0. The quantitative estimate of drug-likeness (QED) is 0.785. The Hall–Kier alpha value is -2.04. The summed E-state index contributed by atoms with van der Waals surface area (Å²) < 4.78 is 5.47. The molecule has 120 valence electrons. The van der Waals surface area contributed by atoms with Crippen molar-refractivity contribution in [3.8, 4) is 0 Å². The van der Waals surface area contributed by atoms with Crippen LogP contribution in [0.25, 0.3) is 0 Å². The van der Waals surface area contributed by atoms with Crippen LogP contribution in [0, 0.1) is 0 Å². The fourth-order valence-electron chi connectivity index (χ4n) is 2.43. The predicted molar refractivity (Wildman–Crippen MR) is 87.9 cm³/mol. The van der Waals surface area contributed by atoms with Crippen molar-refractivity contribution in [2.45, 2.75) is 39.7 Å². The third kappa shape index (κ3) is 3.40. The van der Waals surface area contributed by atoms with Crippen molar-refractivity contribution in [3.63, 3.8) is 0 Å². The Labute approximate surface area is 131 Å². The standard InChI is InChI=1S/C17H24N2O3/c1-6-15(20)12-7-8-13-14(11-12)18(5)9-10-19(13)16(21)22-17(2,3)4/h7-8,11H,6,9-10H2,1-5H3. The van der Waals surface area contributed by atoms with Gasteiger partial charge < -0.3 is 9.64 Å². The molecule has 1 heterocycles. The highest BCUT2D eigenvalue weighted by atomic mass is 16.6. The molecule has 1 aromatic rings. The van der Waals surface area contributed by atoms with Gasteiger partial charge in [-0.2, -0.15) is 0 Å². The molecule has 0 radical (unpaired) electrons. The molecule has 0 aromatic heterocycles. The molecule has 0 saturated carbocycles. The minimum absolute atomic E-state index is 0.102. The maximum atomic E-state index is 12.4. The van der Waals surface area contributed by atoms with E-state index in [1.807, 2.05) is 46.9 Å². The van der Waals surface area contributed by atoms with E-state index in [9.17, 15) is 9.59 Å². The largest absolute Gasteiger partial charge is 0.443 e. The molecule has 1 aromatic carbocycles. The van der Waals surface area contributed by atoms with Gasteiger partial charge in [0.05, 0.1) is 11.4 Å². The first-order chi connectivity index (χ1) is 10.2. The number of ether oxygens (including phenoxy) is 1. The zero-order chi connectivity index (χ0) is 16.5. The van der Waals surface area contributed by atoms with Crippen molar-refractivity contribution >= 4 is 23.3 Å². The van der Waals surface area contributed by atoms with Crippen molar-refractivity contribution in [3.05, 3.63) is 23.8 Å². The van der Waals surface area contributed by atoms with Gasteiger partial charge in [-0.05, 0) is 39.0 Å². The van der Waals surface area contributed by atoms with E-state index in [2.05, 4.69) is 4.90 Å². The molecular weight excluding hydrogens is 280 g/mol. The van der Waals surface area contributed by atoms with E-state index in [1.165, 1.54) is 0 Å². The zero-order valence-electron chi connectivity index (χ0n) is 14.0. The first-order valence-corrected chi connectivity index (χ1v) is 7.62. The number of anilines is 2. The average Bonchev–Trinajstić information content (AvgIpc) is 2.44. The van der Waals surface area contributed by atoms with Crippen LogP contribution in [0.3, 0.4) is 0 Å². The molecule has 5 heteroatoms. The number of benzene rings is 1. The van der Waals surface area contributed by atoms with Gasteiger partial charge in [-0.3, -0.25) is 9.69 Å². The van der Waals surface area contributed by atoms with E-state index in [-0.39, 0.29) is 11.9 Å². The van der Waals surface area contributed by atoms with Gasteiger partial charge in [0.15, 0.2) is 5.78 Å². The van der Waals surface area contributed by atoms with Crippen LogP contribution in [-0.2, 0) is 4.74 Å². The van der Waals surface area contributed by atoms with Gasteiger partial charge in [-0.15, -0.1) is 0 Å². The fraction of sp³-hybridized carbons (Fsp3) is 0.529. The van der Waals surface area contributed by atoms with Crippen LogP contribution in [0.4, 0.5) is 16.2 Å². The second-order valence-corrected chi connectivity index (χ2v) is 6.53. The molecule has 1 aliphatic rings. The Morgan fingerprint density at radius 3 is 2.45 bits per heavy atom. The molecule has 2 rings (SSSR count). The molecular formula is C17H24N2O3. The maximum Gasteiger partial charge on any atom is 0.414 e. The van der Waals surface area contributed by atoms with Crippen LogP contribution in [0.1, 0.15) is 44.5 Å². The lowest BCUT2D eigenvalue weighted by molar-refractivity contribution is 0.0580. The Bertz CT molecular complexity index is 590. The molecule has 0 atom stereocenters. The van der Waals surface area contributed by atoms with Gasteiger partial charge in [0.2, 0.25) is 0 Å². The molecule has 0 aliphatic carbocycles. The Kier molecular flexibility index (Phi) is 4.44. The van der Waals surface area contributed by atoms with Crippen LogP contribution < -0.4 is 9.80 Å². The number of amides is 1. The summed E-state index contributed by atoms with van der Waals surface area (Å²) in [5.74, 6) is 0.102. The first kappa shape index (κ1) is 16.3. The highest BCUT2D eigenvalue weighted by Gasteiger charge is 2.29. The first-order valence-electron chi connectivity index (χ1n) is 7.62. The van der Waals surface area contributed by atoms with E-state index >= 15 is 0 Å². The number of rotatable bonds is 2. The fourth-order valence-corrected chi connectivity index (χ4v) is 2.43. The van der Waals surface area contributed by atoms with E-state index in [0.29, 0.717) is 25.1 Å². The van der Waals surface area contributed by atoms with Crippen LogP contribution in [0.5, 0.6) is 0 Å². The van der Waals surface area contributed by atoms with E-state index in [4.69, 9.17) is 4.74 Å². The number of hydrogen-bond acceptors (Lipinski definition) is 4. The van der Waals surface area contributed by atoms with E-state index in [1.54, 1.807) is 11.0 Å². The number of likely N-dealkylation sites (N-methyl/N-ethyl adjacent to an activating group) is 1. The van der Waals surface area contributed by atoms with Crippen LogP contribution in [0.15, 0.2) is 18.2 Å². The molecule has 0 saturated heterocycles. The van der Waals surface area contributed by atoms with Crippen molar-refractivity contribution < 1.29 is 14.3 Å². The van der Waals surface area contributed by atoms with Gasteiger partial charge in [0.25, 0.3) is 0 Å². The van der Waals surface area contributed by atoms with Crippen LogP contribution in [0.2, 0.25) is 0 Å². The molecule has 5 nitrogen and oxygen atoms in total. The molecule has 1 amide bonds. The van der Waals surface area contributed by atoms with Gasteiger partial charge >= 0.3 is 6.09 Å². The van der Waals surface area contributed by atoms with E-state index < -0.39 is 5.60 Å². The number of fused-ring (bicyclic) bond motifs is 1. The Balaban J connectivity index is 2.35. The minimum atomic E-state index is -0.529. The lowest BCUT2D eigenvalue weighted by Crippen LogP contribution is -2.45. The monoisotopic (exact) mass is 304 g/mol. The van der Waals surface area contributed by atoms with Crippen molar-refractivity contribution in [1.82, 2.24) is 0 Å². The predicted octanol–water partition coefficient (Wildman–Crippen LogP) is 3.47. The number of Topliss-reactive ketones (excluding diaryl/α,β-unsaturated/α-hetero) is 1. The third-order valence-electron chi connectivity index (χ3n) is 3.59. The van der Waals surface area contributed by atoms with Gasteiger partial charge in [-0.1, -0.05) is 6.92 Å². The summed E-state index contributed by atoms with van der Waals surface area (Å²) in [6.45, 7) is 8.68. The van der Waals surface area contributed by atoms with Crippen molar-refractivity contribution in [2.75, 3.05) is 29.9 Å². The lowest BCUT2D eigenvalue weighted by atomic mass is 10.0. The Morgan fingerprint density at radius 1 is 1.18 bits per heavy atom. The summed E-state index contributed by atoms with van der Waals surface area (Å²) in [4.78, 5) is 28.0. The maximum absolute atomic E-state index is 12.4. The summed E-state index contributed by atoms with van der Waals surface area (Å²) in [5, 5.41) is 0. The van der Waals surface area contributed by atoms with Crippen LogP contribution in [-0.4, -0.2) is 37.6 Å². The van der Waals surface area contributed by atoms with Crippen molar-refractivity contribution in [1.29, 1.82) is 0 Å². The normalized spacial score (nSPS) is 14.6. The molecule has 0 N–H and O–H groups in total.